The van der Waals surface area contributed by atoms with Gasteiger partial charge in [0, 0.05) is 28.9 Å². The van der Waals surface area contributed by atoms with Gasteiger partial charge in [0.2, 0.25) is 5.88 Å². The third-order valence-corrected chi connectivity index (χ3v) is 7.67. The predicted octanol–water partition coefficient (Wildman–Crippen LogP) is 1.99. The van der Waals surface area contributed by atoms with E-state index in [1.54, 1.807) is 30.5 Å². The van der Waals surface area contributed by atoms with E-state index in [-0.39, 0.29) is 15.6 Å². The van der Waals surface area contributed by atoms with E-state index in [1.807, 2.05) is 13.0 Å². The summed E-state index contributed by atoms with van der Waals surface area (Å²) in [5.41, 5.74) is 2.30. The van der Waals surface area contributed by atoms with E-state index in [9.17, 15) is 18.3 Å². The molecule has 0 radical (unpaired) electrons. The average molecular weight is 533 g/mol. The van der Waals surface area contributed by atoms with E-state index in [0.717, 1.165) is 32.2 Å². The highest BCUT2D eigenvalue weighted by Gasteiger charge is 2.14. The smallest absolute Gasteiger partial charge is 0.310 e. The molecule has 11 heteroatoms. The molecule has 0 aliphatic carbocycles. The van der Waals surface area contributed by atoms with Crippen molar-refractivity contribution in [3.05, 3.63) is 83.3 Å². The summed E-state index contributed by atoms with van der Waals surface area (Å²) < 4.78 is 26.7. The Kier molecular flexibility index (Phi) is 5.89. The minimum atomic E-state index is -3.79. The van der Waals surface area contributed by atoms with Gasteiger partial charge in [0.25, 0.3) is 10.0 Å². The maximum atomic E-state index is 12.4. The highest BCUT2D eigenvalue weighted by atomic mass is 79.9. The monoisotopic (exact) mass is 532 g/mol. The standard InChI is InChI=1S/C21H17BrN4O4S2/c1-12-3-5-15(6-4-12)32(29,30)25-24-11-14-10-23-18-9-17(22)13(7-16(14)18)8-19-20(27)26(2)21(28)31-19/h3-11,25,27H,1-2H3/b13-8?,24-11+. The molecule has 0 spiro atoms. The Morgan fingerprint density at radius 1 is 1.25 bits per heavy atom. The second-order valence-electron chi connectivity index (χ2n) is 7.03. The van der Waals surface area contributed by atoms with Crippen molar-refractivity contribution >= 4 is 55.2 Å². The van der Waals surface area contributed by atoms with Gasteiger partial charge in [-0.25, -0.2) is 4.83 Å². The van der Waals surface area contributed by atoms with E-state index in [2.05, 4.69) is 30.9 Å². The fourth-order valence-electron chi connectivity index (χ4n) is 2.97. The summed E-state index contributed by atoms with van der Waals surface area (Å²) in [6.07, 6.45) is 4.67. The molecule has 32 heavy (non-hydrogen) atoms. The van der Waals surface area contributed by atoms with E-state index < -0.39 is 10.0 Å². The minimum absolute atomic E-state index is 0.111. The number of halogens is 1. The number of aromatic nitrogens is 1. The lowest BCUT2D eigenvalue weighted by Crippen LogP contribution is -2.19. The summed E-state index contributed by atoms with van der Waals surface area (Å²) in [6.45, 7) is 1.87. The maximum Gasteiger partial charge on any atom is 0.310 e. The molecule has 0 bridgehead atoms. The first kappa shape index (κ1) is 22.2. The molecule has 8 nitrogen and oxygen atoms in total. The molecule has 1 aromatic heterocycles. The molecule has 0 saturated carbocycles. The number of fused-ring (bicyclic) bond motifs is 1. The number of sulfonamides is 1. The van der Waals surface area contributed by atoms with Crippen molar-refractivity contribution in [3.8, 4) is 5.88 Å². The number of nitrogens with zero attached hydrogens (tertiary/aromatic N) is 3. The van der Waals surface area contributed by atoms with Crippen LogP contribution in [0.3, 0.4) is 0 Å². The number of rotatable bonds is 5. The second-order valence-corrected chi connectivity index (χ2v) is 10.5. The van der Waals surface area contributed by atoms with Crippen LogP contribution in [0.25, 0.3) is 11.6 Å². The molecule has 164 valence electrons. The molecule has 1 aliphatic heterocycles. The summed E-state index contributed by atoms with van der Waals surface area (Å²) in [5.74, 6) is -0.111. The summed E-state index contributed by atoms with van der Waals surface area (Å²) in [5, 5.41) is 15.4. The number of aromatic hydroxyl groups is 1. The average Bonchev–Trinajstić information content (AvgIpc) is 3.24. The summed E-state index contributed by atoms with van der Waals surface area (Å²) in [6, 6.07) is 10.1. The van der Waals surface area contributed by atoms with E-state index in [0.29, 0.717) is 15.8 Å². The van der Waals surface area contributed by atoms with Crippen molar-refractivity contribution in [1.29, 1.82) is 0 Å². The number of aryl methyl sites for hydroxylation is 1. The van der Waals surface area contributed by atoms with Crippen LogP contribution in [0.1, 0.15) is 16.0 Å². The fourth-order valence-corrected chi connectivity index (χ4v) is 5.03. The number of hydrazone groups is 1. The van der Waals surface area contributed by atoms with Crippen LogP contribution in [-0.4, -0.2) is 24.3 Å². The third-order valence-electron chi connectivity index (χ3n) is 4.77. The second kappa shape index (κ2) is 8.49. The molecular formula is C21H17BrN4O4S2. The van der Waals surface area contributed by atoms with Crippen molar-refractivity contribution < 1.29 is 13.5 Å². The lowest BCUT2D eigenvalue weighted by molar-refractivity contribution is 0.428. The molecule has 2 N–H and O–H groups in total. The summed E-state index contributed by atoms with van der Waals surface area (Å²) in [7, 11) is -2.29. The Bertz CT molecular complexity index is 1570. The van der Waals surface area contributed by atoms with Crippen LogP contribution in [0.4, 0.5) is 0 Å². The molecule has 0 saturated heterocycles. The van der Waals surface area contributed by atoms with Crippen LogP contribution in [0.5, 0.6) is 5.88 Å². The van der Waals surface area contributed by atoms with Gasteiger partial charge in [-0.2, -0.15) is 13.5 Å². The van der Waals surface area contributed by atoms with Gasteiger partial charge in [-0.3, -0.25) is 14.4 Å². The quantitative estimate of drug-likeness (QED) is 0.386. The van der Waals surface area contributed by atoms with Gasteiger partial charge in [0.1, 0.15) is 0 Å². The number of nitrogens with one attached hydrogen (secondary N) is 1. The Hall–Kier alpha value is -3.02. The highest BCUT2D eigenvalue weighted by molar-refractivity contribution is 9.10. The van der Waals surface area contributed by atoms with Gasteiger partial charge in [-0.15, -0.1) is 0 Å². The van der Waals surface area contributed by atoms with Gasteiger partial charge in [-0.1, -0.05) is 45.0 Å². The zero-order valence-electron chi connectivity index (χ0n) is 16.9. The zero-order valence-corrected chi connectivity index (χ0v) is 20.1. The number of hydrogen-bond acceptors (Lipinski definition) is 7. The van der Waals surface area contributed by atoms with Crippen molar-refractivity contribution in [2.24, 2.45) is 17.1 Å². The lowest BCUT2D eigenvalue weighted by atomic mass is 10.1. The number of benzene rings is 2. The number of thiazole rings is 1. The molecule has 2 aromatic carbocycles. The fraction of sp³-hybridized carbons (Fsp3) is 0.0952. The Balaban J connectivity index is 1.62. The van der Waals surface area contributed by atoms with Crippen LogP contribution in [0.2, 0.25) is 0 Å². The minimum Gasteiger partial charge on any atom is -0.493 e. The van der Waals surface area contributed by atoms with Gasteiger partial charge in [0.15, 0.2) is 0 Å². The molecule has 0 atom stereocenters. The first-order chi connectivity index (χ1) is 15.2. The first-order valence-corrected chi connectivity index (χ1v) is 12.3. The van der Waals surface area contributed by atoms with E-state index in [4.69, 9.17) is 0 Å². The maximum absolute atomic E-state index is 12.4. The number of hydrogen-bond donors (Lipinski definition) is 2. The summed E-state index contributed by atoms with van der Waals surface area (Å²) >= 11 is 4.42. The van der Waals surface area contributed by atoms with Crippen LogP contribution < -0.4 is 20.3 Å². The molecule has 0 unspecified atom stereocenters. The molecule has 0 amide bonds. The van der Waals surface area contributed by atoms with Crippen LogP contribution in [0.15, 0.2) is 66.9 Å². The van der Waals surface area contributed by atoms with E-state index in [1.165, 1.54) is 30.0 Å². The zero-order chi connectivity index (χ0) is 23.0. The molecular weight excluding hydrogens is 516 g/mol. The largest absolute Gasteiger partial charge is 0.493 e. The normalized spacial score (nSPS) is 13.8. The Morgan fingerprint density at radius 2 is 1.97 bits per heavy atom. The first-order valence-electron chi connectivity index (χ1n) is 9.26. The molecule has 4 rings (SSSR count). The topological polar surface area (TPSA) is 113 Å². The Labute approximate surface area is 195 Å². The molecule has 1 aliphatic rings. The van der Waals surface area contributed by atoms with Crippen LogP contribution in [0, 0.1) is 6.92 Å². The van der Waals surface area contributed by atoms with Gasteiger partial charge in [0.05, 0.1) is 21.3 Å². The third kappa shape index (κ3) is 4.31. The van der Waals surface area contributed by atoms with Gasteiger partial charge in [-0.05, 0) is 42.5 Å². The molecule has 3 aromatic rings. The Morgan fingerprint density at radius 3 is 2.62 bits per heavy atom. The van der Waals surface area contributed by atoms with Crippen LogP contribution in [-0.2, 0) is 17.1 Å². The number of allylic oxidation sites excluding steroid dienone is 1. The van der Waals surface area contributed by atoms with Crippen molar-refractivity contribution in [3.63, 3.8) is 0 Å². The van der Waals surface area contributed by atoms with Crippen LogP contribution >= 0.6 is 27.3 Å². The SMILES string of the molecule is Cc1ccc(S(=O)(=O)N/N=C/C2=CN=c3cc(Br)c(=Cc4sc(=O)n(C)c4O)cc32)cc1. The van der Waals surface area contributed by atoms with Crippen molar-refractivity contribution in [2.45, 2.75) is 11.8 Å². The lowest BCUT2D eigenvalue weighted by Gasteiger charge is -2.04. The summed E-state index contributed by atoms with van der Waals surface area (Å²) in [4.78, 5) is 18.6. The van der Waals surface area contributed by atoms with Crippen molar-refractivity contribution in [2.75, 3.05) is 0 Å². The molecule has 2 heterocycles. The highest BCUT2D eigenvalue weighted by Crippen LogP contribution is 2.20. The van der Waals surface area contributed by atoms with E-state index >= 15 is 0 Å². The van der Waals surface area contributed by atoms with Gasteiger partial charge >= 0.3 is 4.87 Å². The predicted molar refractivity (Wildman–Crippen MR) is 128 cm³/mol. The van der Waals surface area contributed by atoms with Crippen molar-refractivity contribution in [1.82, 2.24) is 9.40 Å². The molecule has 0 fully saturated rings. The van der Waals surface area contributed by atoms with Gasteiger partial charge < -0.3 is 5.11 Å².